The van der Waals surface area contributed by atoms with Crippen molar-refractivity contribution in [3.8, 4) is 23.3 Å². The third kappa shape index (κ3) is 4.88. The molecule has 30 heavy (non-hydrogen) atoms. The molecule has 150 valence electrons. The maximum absolute atomic E-state index is 12.4. The summed E-state index contributed by atoms with van der Waals surface area (Å²) in [5.41, 5.74) is 2.27. The molecule has 3 aromatic carbocycles. The van der Waals surface area contributed by atoms with Gasteiger partial charge in [0.25, 0.3) is 0 Å². The molecular formula is C24H18BrNO4. The summed E-state index contributed by atoms with van der Waals surface area (Å²) in [5.74, 6) is 1.03. The highest BCUT2D eigenvalue weighted by Crippen LogP contribution is 2.31. The average molecular weight is 464 g/mol. The molecule has 0 spiro atoms. The summed E-state index contributed by atoms with van der Waals surface area (Å²) in [7, 11) is 3.10. The van der Waals surface area contributed by atoms with Crippen molar-refractivity contribution in [3.63, 3.8) is 0 Å². The molecule has 3 aromatic rings. The molecule has 0 fully saturated rings. The van der Waals surface area contributed by atoms with E-state index in [0.717, 1.165) is 5.56 Å². The van der Waals surface area contributed by atoms with E-state index in [9.17, 15) is 10.1 Å². The SMILES string of the molecule is COc1ccc(/C(C#N)=C\c2cccc(OC(=O)c3ccccc3Br)c2)cc1OC. The average Bonchev–Trinajstić information content (AvgIpc) is 2.77. The van der Waals surface area contributed by atoms with Crippen molar-refractivity contribution in [2.45, 2.75) is 0 Å². The second-order valence-electron chi connectivity index (χ2n) is 6.18. The van der Waals surface area contributed by atoms with E-state index in [4.69, 9.17) is 14.2 Å². The lowest BCUT2D eigenvalue weighted by atomic mass is 10.0. The maximum Gasteiger partial charge on any atom is 0.344 e. The molecule has 0 saturated heterocycles. The summed E-state index contributed by atoms with van der Waals surface area (Å²) in [5, 5.41) is 9.64. The van der Waals surface area contributed by atoms with E-state index < -0.39 is 5.97 Å². The maximum atomic E-state index is 12.4. The Labute approximate surface area is 183 Å². The van der Waals surface area contributed by atoms with E-state index in [-0.39, 0.29) is 0 Å². The summed E-state index contributed by atoms with van der Waals surface area (Å²) >= 11 is 3.35. The Balaban J connectivity index is 1.87. The zero-order valence-corrected chi connectivity index (χ0v) is 18.0. The van der Waals surface area contributed by atoms with E-state index in [1.165, 1.54) is 0 Å². The number of esters is 1. The Morgan fingerprint density at radius 1 is 0.967 bits per heavy atom. The van der Waals surface area contributed by atoms with Gasteiger partial charge in [-0.05, 0) is 75.6 Å². The van der Waals surface area contributed by atoms with Crippen LogP contribution >= 0.6 is 15.9 Å². The molecule has 5 nitrogen and oxygen atoms in total. The fourth-order valence-corrected chi connectivity index (χ4v) is 3.25. The van der Waals surface area contributed by atoms with Crippen LogP contribution in [0.25, 0.3) is 11.6 Å². The monoisotopic (exact) mass is 463 g/mol. The van der Waals surface area contributed by atoms with Crippen LogP contribution in [0.15, 0.2) is 71.2 Å². The van der Waals surface area contributed by atoms with Gasteiger partial charge < -0.3 is 14.2 Å². The van der Waals surface area contributed by atoms with Gasteiger partial charge in [0, 0.05) is 4.47 Å². The van der Waals surface area contributed by atoms with Crippen LogP contribution in [-0.2, 0) is 0 Å². The largest absolute Gasteiger partial charge is 0.493 e. The van der Waals surface area contributed by atoms with Gasteiger partial charge in [-0.15, -0.1) is 0 Å². The first-order valence-electron chi connectivity index (χ1n) is 8.96. The Bertz CT molecular complexity index is 1150. The van der Waals surface area contributed by atoms with Crippen molar-refractivity contribution in [3.05, 3.63) is 87.9 Å². The van der Waals surface area contributed by atoms with Crippen molar-refractivity contribution < 1.29 is 19.0 Å². The lowest BCUT2D eigenvalue weighted by Crippen LogP contribution is -2.09. The highest BCUT2D eigenvalue weighted by atomic mass is 79.9. The highest BCUT2D eigenvalue weighted by molar-refractivity contribution is 9.10. The molecule has 0 saturated carbocycles. The lowest BCUT2D eigenvalue weighted by molar-refractivity contribution is 0.0734. The quantitative estimate of drug-likeness (QED) is 0.201. The first-order chi connectivity index (χ1) is 14.5. The zero-order valence-electron chi connectivity index (χ0n) is 16.4. The Hall–Kier alpha value is -3.56. The Morgan fingerprint density at radius 2 is 1.73 bits per heavy atom. The summed E-state index contributed by atoms with van der Waals surface area (Å²) in [6, 6.07) is 21.5. The number of nitrogens with zero attached hydrogens (tertiary/aromatic N) is 1. The second-order valence-corrected chi connectivity index (χ2v) is 7.04. The number of ether oxygens (including phenoxy) is 3. The van der Waals surface area contributed by atoms with Gasteiger partial charge in [-0.2, -0.15) is 5.26 Å². The van der Waals surface area contributed by atoms with Gasteiger partial charge >= 0.3 is 5.97 Å². The van der Waals surface area contributed by atoms with E-state index in [2.05, 4.69) is 22.0 Å². The van der Waals surface area contributed by atoms with Crippen LogP contribution in [0.1, 0.15) is 21.5 Å². The number of allylic oxidation sites excluding steroid dienone is 1. The van der Waals surface area contributed by atoms with Gasteiger partial charge in [0.2, 0.25) is 0 Å². The fraction of sp³-hybridized carbons (Fsp3) is 0.0833. The highest BCUT2D eigenvalue weighted by Gasteiger charge is 2.12. The van der Waals surface area contributed by atoms with Crippen LogP contribution in [0.3, 0.4) is 0 Å². The van der Waals surface area contributed by atoms with Gasteiger partial charge in [0.15, 0.2) is 11.5 Å². The van der Waals surface area contributed by atoms with E-state index in [1.54, 1.807) is 74.9 Å². The molecule has 3 rings (SSSR count). The zero-order chi connectivity index (χ0) is 21.5. The molecule has 0 aliphatic carbocycles. The topological polar surface area (TPSA) is 68.5 Å². The molecule has 0 aromatic heterocycles. The summed E-state index contributed by atoms with van der Waals surface area (Å²) in [6.07, 6.45) is 1.72. The number of rotatable bonds is 6. The smallest absolute Gasteiger partial charge is 0.344 e. The lowest BCUT2D eigenvalue weighted by Gasteiger charge is -2.09. The van der Waals surface area contributed by atoms with Gasteiger partial charge in [-0.3, -0.25) is 0 Å². The number of halogens is 1. The number of hydrogen-bond acceptors (Lipinski definition) is 5. The van der Waals surface area contributed by atoms with E-state index >= 15 is 0 Å². The van der Waals surface area contributed by atoms with Gasteiger partial charge in [0.1, 0.15) is 5.75 Å². The Kier molecular flexibility index (Phi) is 6.89. The summed E-state index contributed by atoms with van der Waals surface area (Å²) in [4.78, 5) is 12.4. The first kappa shape index (κ1) is 21.2. The van der Waals surface area contributed by atoms with Gasteiger partial charge in [-0.1, -0.05) is 24.3 Å². The van der Waals surface area contributed by atoms with Gasteiger partial charge in [0.05, 0.1) is 31.4 Å². The minimum atomic E-state index is -0.469. The van der Waals surface area contributed by atoms with Crippen LogP contribution in [0.4, 0.5) is 0 Å². The molecule has 0 unspecified atom stereocenters. The summed E-state index contributed by atoms with van der Waals surface area (Å²) < 4.78 is 16.7. The third-order valence-electron chi connectivity index (χ3n) is 4.29. The molecule has 0 N–H and O–H groups in total. The second kappa shape index (κ2) is 9.77. The molecule has 0 bridgehead atoms. The molecule has 0 amide bonds. The third-order valence-corrected chi connectivity index (χ3v) is 4.98. The molecule has 0 aliphatic rings. The van der Waals surface area contributed by atoms with Crippen molar-refractivity contribution in [1.29, 1.82) is 5.26 Å². The standard InChI is InChI=1S/C24H18BrNO4/c1-28-22-11-10-17(14-23(22)29-2)18(15-26)12-16-6-5-7-19(13-16)30-24(27)20-8-3-4-9-21(20)25/h3-14H,1-2H3/b18-12-. The fourth-order valence-electron chi connectivity index (χ4n) is 2.81. The van der Waals surface area contributed by atoms with Crippen molar-refractivity contribution in [2.24, 2.45) is 0 Å². The first-order valence-corrected chi connectivity index (χ1v) is 9.76. The van der Waals surface area contributed by atoms with Crippen molar-refractivity contribution in [1.82, 2.24) is 0 Å². The van der Waals surface area contributed by atoms with Crippen LogP contribution in [-0.4, -0.2) is 20.2 Å². The minimum Gasteiger partial charge on any atom is -0.493 e. The molecule has 0 atom stereocenters. The Morgan fingerprint density at radius 3 is 2.43 bits per heavy atom. The van der Waals surface area contributed by atoms with Crippen molar-refractivity contribution >= 4 is 33.5 Å². The predicted octanol–water partition coefficient (Wildman–Crippen LogP) is 5.75. The molecule has 0 aliphatic heterocycles. The van der Waals surface area contributed by atoms with Crippen molar-refractivity contribution in [2.75, 3.05) is 14.2 Å². The summed E-state index contributed by atoms with van der Waals surface area (Å²) in [6.45, 7) is 0. The van der Waals surface area contributed by atoms with Crippen LogP contribution in [0.2, 0.25) is 0 Å². The van der Waals surface area contributed by atoms with E-state index in [0.29, 0.717) is 38.4 Å². The van der Waals surface area contributed by atoms with Crippen LogP contribution in [0.5, 0.6) is 17.2 Å². The number of carbonyl (C=O) groups is 1. The number of benzene rings is 3. The number of nitriles is 1. The number of hydrogen-bond donors (Lipinski definition) is 0. The minimum absolute atomic E-state index is 0.383. The predicted molar refractivity (Wildman–Crippen MR) is 119 cm³/mol. The normalized spacial score (nSPS) is 10.8. The molecule has 0 radical (unpaired) electrons. The van der Waals surface area contributed by atoms with Crippen LogP contribution < -0.4 is 14.2 Å². The van der Waals surface area contributed by atoms with Gasteiger partial charge in [-0.25, -0.2) is 4.79 Å². The van der Waals surface area contributed by atoms with E-state index in [1.807, 2.05) is 12.1 Å². The molecular weight excluding hydrogens is 446 g/mol. The number of methoxy groups -OCH3 is 2. The van der Waals surface area contributed by atoms with Crippen LogP contribution in [0, 0.1) is 11.3 Å². The molecule has 0 heterocycles. The molecule has 6 heteroatoms. The number of carbonyl (C=O) groups excluding carboxylic acids is 1.